The van der Waals surface area contributed by atoms with Crippen molar-refractivity contribution in [2.24, 2.45) is 0 Å². The lowest BCUT2D eigenvalue weighted by molar-refractivity contribution is 0.122. The van der Waals surface area contributed by atoms with E-state index >= 15 is 0 Å². The lowest BCUT2D eigenvalue weighted by Gasteiger charge is -2.33. The van der Waals surface area contributed by atoms with Gasteiger partial charge in [0, 0.05) is 37.1 Å². The number of benzene rings is 1. The third-order valence-electron chi connectivity index (χ3n) is 4.71. The first-order valence-corrected chi connectivity index (χ1v) is 8.20. The highest BCUT2D eigenvalue weighted by atomic mass is 16.5. The number of hydrogen-bond acceptors (Lipinski definition) is 4. The van der Waals surface area contributed by atoms with E-state index in [0.29, 0.717) is 6.04 Å². The first-order valence-electron chi connectivity index (χ1n) is 8.20. The van der Waals surface area contributed by atoms with E-state index in [9.17, 15) is 0 Å². The topological polar surface area (TPSA) is 27.7 Å². The van der Waals surface area contributed by atoms with Crippen LogP contribution in [0.5, 0.6) is 0 Å². The molecule has 0 spiro atoms. The molecule has 0 radical (unpaired) electrons. The summed E-state index contributed by atoms with van der Waals surface area (Å²) in [6, 6.07) is 9.52. The minimum absolute atomic E-state index is 0.678. The van der Waals surface area contributed by atoms with Gasteiger partial charge < -0.3 is 19.9 Å². The maximum Gasteiger partial charge on any atom is 0.0642 e. The number of morpholine rings is 1. The molecule has 116 valence electrons. The summed E-state index contributed by atoms with van der Waals surface area (Å²) < 4.78 is 5.40. The van der Waals surface area contributed by atoms with Gasteiger partial charge in [-0.1, -0.05) is 6.42 Å². The molecule has 21 heavy (non-hydrogen) atoms. The molecule has 1 atom stereocenters. The summed E-state index contributed by atoms with van der Waals surface area (Å²) in [6.07, 6.45) is 4.03. The van der Waals surface area contributed by atoms with Gasteiger partial charge in [-0.25, -0.2) is 0 Å². The number of nitrogens with zero attached hydrogens (tertiary/aromatic N) is 2. The molecule has 4 nitrogen and oxygen atoms in total. The van der Waals surface area contributed by atoms with Crippen molar-refractivity contribution in [3.63, 3.8) is 0 Å². The molecular formula is C17H27N3O. The third-order valence-corrected chi connectivity index (χ3v) is 4.71. The molecule has 0 bridgehead atoms. The van der Waals surface area contributed by atoms with Crippen molar-refractivity contribution in [2.75, 3.05) is 56.7 Å². The molecular weight excluding hydrogens is 262 g/mol. The number of likely N-dealkylation sites (N-methyl/N-ethyl adjacent to an activating group) is 1. The van der Waals surface area contributed by atoms with Gasteiger partial charge in [0.15, 0.2) is 0 Å². The van der Waals surface area contributed by atoms with Crippen LogP contribution >= 0.6 is 0 Å². The summed E-state index contributed by atoms with van der Waals surface area (Å²) in [6.45, 7) is 5.97. The molecule has 2 heterocycles. The Bertz CT molecular complexity index is 428. The summed E-state index contributed by atoms with van der Waals surface area (Å²) in [4.78, 5) is 4.88. The minimum Gasteiger partial charge on any atom is -0.383 e. The Morgan fingerprint density at radius 3 is 2.57 bits per heavy atom. The molecule has 4 heteroatoms. The predicted octanol–water partition coefficient (Wildman–Crippen LogP) is 2.42. The Morgan fingerprint density at radius 2 is 1.86 bits per heavy atom. The van der Waals surface area contributed by atoms with Crippen molar-refractivity contribution in [3.05, 3.63) is 24.3 Å². The summed E-state index contributed by atoms with van der Waals surface area (Å²) in [5.41, 5.74) is 2.53. The molecule has 0 saturated carbocycles. The van der Waals surface area contributed by atoms with Crippen molar-refractivity contribution in [3.8, 4) is 0 Å². The SMILES string of the molecule is CN1CCCCC1CNc1ccc(N2CCOCC2)cc1. The van der Waals surface area contributed by atoms with Crippen LogP contribution in [0.1, 0.15) is 19.3 Å². The van der Waals surface area contributed by atoms with E-state index < -0.39 is 0 Å². The highest BCUT2D eigenvalue weighted by Crippen LogP contribution is 2.20. The smallest absolute Gasteiger partial charge is 0.0642 e. The number of anilines is 2. The summed E-state index contributed by atoms with van der Waals surface area (Å²) >= 11 is 0. The summed E-state index contributed by atoms with van der Waals surface area (Å²) in [7, 11) is 2.24. The van der Waals surface area contributed by atoms with Crippen LogP contribution in [0.4, 0.5) is 11.4 Å². The molecule has 2 fully saturated rings. The van der Waals surface area contributed by atoms with Crippen molar-refractivity contribution in [2.45, 2.75) is 25.3 Å². The fourth-order valence-corrected chi connectivity index (χ4v) is 3.25. The Morgan fingerprint density at radius 1 is 1.10 bits per heavy atom. The molecule has 1 aromatic carbocycles. The number of ether oxygens (including phenoxy) is 1. The Balaban J connectivity index is 1.52. The molecule has 1 N–H and O–H groups in total. The maximum atomic E-state index is 5.40. The van der Waals surface area contributed by atoms with Gasteiger partial charge in [0.2, 0.25) is 0 Å². The number of hydrogen-bond donors (Lipinski definition) is 1. The van der Waals surface area contributed by atoms with Crippen LogP contribution in [-0.2, 0) is 4.74 Å². The maximum absolute atomic E-state index is 5.40. The Labute approximate surface area is 128 Å². The molecule has 2 aliphatic rings. The first kappa shape index (κ1) is 14.7. The molecule has 3 rings (SSSR count). The van der Waals surface area contributed by atoms with Crippen LogP contribution in [-0.4, -0.2) is 57.4 Å². The van der Waals surface area contributed by atoms with Crippen molar-refractivity contribution >= 4 is 11.4 Å². The predicted molar refractivity (Wildman–Crippen MR) is 88.2 cm³/mol. The zero-order valence-corrected chi connectivity index (χ0v) is 13.1. The van der Waals surface area contributed by atoms with Crippen molar-refractivity contribution in [1.82, 2.24) is 4.90 Å². The molecule has 0 amide bonds. The van der Waals surface area contributed by atoms with Gasteiger partial charge in [-0.2, -0.15) is 0 Å². The van der Waals surface area contributed by atoms with Crippen LogP contribution in [0.3, 0.4) is 0 Å². The monoisotopic (exact) mass is 289 g/mol. The molecule has 0 aromatic heterocycles. The van der Waals surface area contributed by atoms with E-state index in [0.717, 1.165) is 32.8 Å². The Kier molecular flexibility index (Phi) is 4.99. The Hall–Kier alpha value is -1.26. The standard InChI is InChI=1S/C17H27N3O/c1-19-9-3-2-4-17(19)14-18-15-5-7-16(8-6-15)20-10-12-21-13-11-20/h5-8,17-18H,2-4,9-14H2,1H3. The van der Waals surface area contributed by atoms with Crippen LogP contribution in [0.2, 0.25) is 0 Å². The van der Waals surface area contributed by atoms with Crippen LogP contribution in [0.15, 0.2) is 24.3 Å². The zero-order valence-electron chi connectivity index (χ0n) is 13.1. The first-order chi connectivity index (χ1) is 10.3. The van der Waals surface area contributed by atoms with Gasteiger partial charge in [0.25, 0.3) is 0 Å². The average Bonchev–Trinajstić information content (AvgIpc) is 2.55. The number of rotatable bonds is 4. The van der Waals surface area contributed by atoms with Crippen molar-refractivity contribution < 1.29 is 4.74 Å². The third kappa shape index (κ3) is 3.89. The van der Waals surface area contributed by atoms with E-state index in [2.05, 4.69) is 46.4 Å². The minimum atomic E-state index is 0.678. The van der Waals surface area contributed by atoms with Crippen molar-refractivity contribution in [1.29, 1.82) is 0 Å². The van der Waals surface area contributed by atoms with Crippen LogP contribution in [0, 0.1) is 0 Å². The molecule has 2 aliphatic heterocycles. The fraction of sp³-hybridized carbons (Fsp3) is 0.647. The van der Waals surface area contributed by atoms with E-state index in [1.165, 1.54) is 37.2 Å². The van der Waals surface area contributed by atoms with Crippen LogP contribution in [0.25, 0.3) is 0 Å². The van der Waals surface area contributed by atoms with E-state index in [1.54, 1.807) is 0 Å². The highest BCUT2D eigenvalue weighted by Gasteiger charge is 2.18. The number of piperidine rings is 1. The zero-order chi connectivity index (χ0) is 14.5. The number of nitrogens with one attached hydrogen (secondary N) is 1. The normalized spacial score (nSPS) is 24.0. The second kappa shape index (κ2) is 7.14. The second-order valence-electron chi connectivity index (χ2n) is 6.16. The van der Waals surface area contributed by atoms with Gasteiger partial charge in [0.1, 0.15) is 0 Å². The van der Waals surface area contributed by atoms with E-state index in [1.807, 2.05) is 0 Å². The van der Waals surface area contributed by atoms with E-state index in [4.69, 9.17) is 4.74 Å². The molecule has 0 aliphatic carbocycles. The van der Waals surface area contributed by atoms with Gasteiger partial charge in [0.05, 0.1) is 13.2 Å². The molecule has 1 unspecified atom stereocenters. The molecule has 2 saturated heterocycles. The largest absolute Gasteiger partial charge is 0.383 e. The number of likely N-dealkylation sites (tertiary alicyclic amines) is 1. The lowest BCUT2D eigenvalue weighted by Crippen LogP contribution is -2.40. The summed E-state index contributed by atoms with van der Waals surface area (Å²) in [5.74, 6) is 0. The van der Waals surface area contributed by atoms with Gasteiger partial charge >= 0.3 is 0 Å². The van der Waals surface area contributed by atoms with Gasteiger partial charge in [-0.05, 0) is 50.7 Å². The van der Waals surface area contributed by atoms with Crippen LogP contribution < -0.4 is 10.2 Å². The van der Waals surface area contributed by atoms with Gasteiger partial charge in [-0.3, -0.25) is 0 Å². The van der Waals surface area contributed by atoms with Gasteiger partial charge in [-0.15, -0.1) is 0 Å². The van der Waals surface area contributed by atoms with E-state index in [-0.39, 0.29) is 0 Å². The second-order valence-corrected chi connectivity index (χ2v) is 6.16. The average molecular weight is 289 g/mol. The highest BCUT2D eigenvalue weighted by molar-refractivity contribution is 5.55. The quantitative estimate of drug-likeness (QED) is 0.921. The molecule has 1 aromatic rings. The summed E-state index contributed by atoms with van der Waals surface area (Å²) in [5, 5.41) is 3.59. The lowest BCUT2D eigenvalue weighted by atomic mass is 10.0. The fourth-order valence-electron chi connectivity index (χ4n) is 3.25.